The van der Waals surface area contributed by atoms with E-state index < -0.39 is 11.7 Å². The lowest BCUT2D eigenvalue weighted by molar-refractivity contribution is -0.0934. The Morgan fingerprint density at radius 1 is 1.15 bits per heavy atom. The van der Waals surface area contributed by atoms with E-state index in [0.717, 1.165) is 5.56 Å². The molecule has 176 valence electrons. The van der Waals surface area contributed by atoms with Gasteiger partial charge in [0.05, 0.1) is 23.1 Å². The smallest absolute Gasteiger partial charge is 0.373 e. The lowest BCUT2D eigenvalue weighted by atomic mass is 9.90. The van der Waals surface area contributed by atoms with Gasteiger partial charge in [-0.15, -0.1) is 5.73 Å². The molecule has 11 heteroatoms. The third-order valence-electron chi connectivity index (χ3n) is 6.23. The summed E-state index contributed by atoms with van der Waals surface area (Å²) in [7, 11) is 1.62. The lowest BCUT2D eigenvalue weighted by Crippen LogP contribution is -2.24. The molecular weight excluding hydrogens is 449 g/mol. The second kappa shape index (κ2) is 8.11. The monoisotopic (exact) mass is 470 g/mol. The van der Waals surface area contributed by atoms with Gasteiger partial charge in [0.25, 0.3) is 0 Å². The van der Waals surface area contributed by atoms with Gasteiger partial charge in [0.2, 0.25) is 0 Å². The Morgan fingerprint density at radius 3 is 2.59 bits per heavy atom. The van der Waals surface area contributed by atoms with Crippen LogP contribution >= 0.6 is 0 Å². The van der Waals surface area contributed by atoms with Crippen LogP contribution in [0.5, 0.6) is 0 Å². The number of ether oxygens (including phenoxy) is 1. The van der Waals surface area contributed by atoms with Crippen molar-refractivity contribution in [2.45, 2.75) is 51.3 Å². The molecule has 0 aromatic carbocycles. The molecule has 5 rings (SSSR count). The molecule has 0 unspecified atom stereocenters. The zero-order chi connectivity index (χ0) is 24.2. The third-order valence-corrected chi connectivity index (χ3v) is 6.23. The first-order valence-corrected chi connectivity index (χ1v) is 10.8. The summed E-state index contributed by atoms with van der Waals surface area (Å²) in [6, 6.07) is 0. The molecule has 8 nitrogen and oxygen atoms in total. The summed E-state index contributed by atoms with van der Waals surface area (Å²) in [5.74, 6) is 0.371. The standard InChI is InChI=1S/C23H21F3N6O2/c1-11-12(2)29-21-19(28-11)18(14-6-16(7-14)23(24,25)26)30-20(31-21)13-4-5-34-17(8-13)15-9-27-22(33)32(3)10-15/h9-10,13,17H,4-6,8H2,1-3H3/t13-,17+/m0/s1. The summed E-state index contributed by atoms with van der Waals surface area (Å²) in [5.41, 5.74) is 4.90. The number of hydrogen-bond donors (Lipinski definition) is 0. The maximum absolute atomic E-state index is 13.0. The Labute approximate surface area is 192 Å². The van der Waals surface area contributed by atoms with E-state index in [1.165, 1.54) is 10.8 Å². The summed E-state index contributed by atoms with van der Waals surface area (Å²) < 4.78 is 46.4. The molecule has 0 spiro atoms. The summed E-state index contributed by atoms with van der Waals surface area (Å²) in [4.78, 5) is 33.9. The highest BCUT2D eigenvalue weighted by Gasteiger charge is 2.39. The Morgan fingerprint density at radius 2 is 1.88 bits per heavy atom. The number of fused-ring (bicyclic) bond motifs is 1. The molecule has 1 fully saturated rings. The molecule has 0 amide bonds. The van der Waals surface area contributed by atoms with Crippen LogP contribution in [-0.4, -0.2) is 42.3 Å². The molecule has 0 N–H and O–H groups in total. The van der Waals surface area contributed by atoms with Gasteiger partial charge >= 0.3 is 11.9 Å². The van der Waals surface area contributed by atoms with Crippen molar-refractivity contribution < 1.29 is 17.9 Å². The van der Waals surface area contributed by atoms with Crippen molar-refractivity contribution in [1.82, 2.24) is 29.5 Å². The molecule has 0 saturated carbocycles. The highest BCUT2D eigenvalue weighted by atomic mass is 19.4. The molecule has 0 bridgehead atoms. The zero-order valence-electron chi connectivity index (χ0n) is 18.8. The van der Waals surface area contributed by atoms with Crippen LogP contribution in [0.25, 0.3) is 16.7 Å². The number of halogens is 3. The molecule has 3 aromatic rings. The topological polar surface area (TPSA) is 95.7 Å². The van der Waals surface area contributed by atoms with Gasteiger partial charge < -0.3 is 9.30 Å². The minimum atomic E-state index is -4.41. The Bertz CT molecular complexity index is 1440. The normalized spacial score (nSPS) is 20.6. The van der Waals surface area contributed by atoms with E-state index in [1.807, 2.05) is 6.92 Å². The first-order valence-electron chi connectivity index (χ1n) is 10.8. The fraction of sp³-hybridized carbons (Fsp3) is 0.435. The summed E-state index contributed by atoms with van der Waals surface area (Å²) in [5, 5.41) is 0. The van der Waals surface area contributed by atoms with Crippen molar-refractivity contribution >= 4 is 16.7 Å². The summed E-state index contributed by atoms with van der Waals surface area (Å²) in [6.45, 7) is 4.04. The van der Waals surface area contributed by atoms with Crippen LogP contribution in [-0.2, 0) is 11.8 Å². The van der Waals surface area contributed by atoms with Crippen molar-refractivity contribution in [3.8, 4) is 0 Å². The van der Waals surface area contributed by atoms with E-state index in [1.54, 1.807) is 20.2 Å². The summed E-state index contributed by atoms with van der Waals surface area (Å²) in [6.07, 6.45) is -0.633. The van der Waals surface area contributed by atoms with Gasteiger partial charge in [-0.3, -0.25) is 0 Å². The van der Waals surface area contributed by atoms with Crippen molar-refractivity contribution in [2.75, 3.05) is 6.61 Å². The fourth-order valence-corrected chi connectivity index (χ4v) is 4.14. The average Bonchev–Trinajstić information content (AvgIpc) is 2.74. The largest absolute Gasteiger partial charge is 0.420 e. The quantitative estimate of drug-likeness (QED) is 0.540. The minimum absolute atomic E-state index is 0.116. The van der Waals surface area contributed by atoms with Crippen LogP contribution in [0.4, 0.5) is 13.2 Å². The van der Waals surface area contributed by atoms with Gasteiger partial charge in [-0.1, -0.05) is 0 Å². The number of allylic oxidation sites excluding steroid dienone is 1. The lowest BCUT2D eigenvalue weighted by Gasteiger charge is -2.29. The first kappa shape index (κ1) is 22.4. The molecule has 3 aromatic heterocycles. The average molecular weight is 470 g/mol. The zero-order valence-corrected chi connectivity index (χ0v) is 18.8. The second-order valence-electron chi connectivity index (χ2n) is 8.62. The fourth-order valence-electron chi connectivity index (χ4n) is 4.14. The Kier molecular flexibility index (Phi) is 5.33. The van der Waals surface area contributed by atoms with Gasteiger partial charge in [-0.25, -0.2) is 29.7 Å². The van der Waals surface area contributed by atoms with Crippen LogP contribution in [0.3, 0.4) is 0 Å². The molecule has 2 aliphatic rings. The van der Waals surface area contributed by atoms with E-state index >= 15 is 0 Å². The van der Waals surface area contributed by atoms with E-state index in [4.69, 9.17) is 4.74 Å². The highest BCUT2D eigenvalue weighted by molar-refractivity contribution is 5.87. The number of hydrogen-bond acceptors (Lipinski definition) is 7. The van der Waals surface area contributed by atoms with Crippen molar-refractivity contribution in [3.05, 3.63) is 62.7 Å². The minimum Gasteiger partial charge on any atom is -0.373 e. The predicted molar refractivity (Wildman–Crippen MR) is 116 cm³/mol. The van der Waals surface area contributed by atoms with Crippen LogP contribution < -0.4 is 5.69 Å². The molecule has 4 heterocycles. The van der Waals surface area contributed by atoms with Crippen LogP contribution in [0.1, 0.15) is 59.8 Å². The van der Waals surface area contributed by atoms with Crippen LogP contribution in [0.15, 0.2) is 28.5 Å². The molecule has 1 saturated heterocycles. The van der Waals surface area contributed by atoms with Gasteiger partial charge in [-0.2, -0.15) is 13.2 Å². The van der Waals surface area contributed by atoms with Crippen molar-refractivity contribution in [3.63, 3.8) is 0 Å². The second-order valence-corrected chi connectivity index (χ2v) is 8.62. The van der Waals surface area contributed by atoms with E-state index in [-0.39, 0.29) is 24.1 Å². The Balaban J connectivity index is 1.57. The van der Waals surface area contributed by atoms with Gasteiger partial charge in [-0.05, 0) is 26.7 Å². The van der Waals surface area contributed by atoms with Crippen molar-refractivity contribution in [1.29, 1.82) is 0 Å². The van der Waals surface area contributed by atoms with E-state index in [2.05, 4.69) is 30.7 Å². The summed E-state index contributed by atoms with van der Waals surface area (Å²) >= 11 is 0. The van der Waals surface area contributed by atoms with Gasteiger partial charge in [0.1, 0.15) is 17.0 Å². The van der Waals surface area contributed by atoms with E-state index in [0.29, 0.717) is 59.1 Å². The van der Waals surface area contributed by atoms with Crippen LogP contribution in [0.2, 0.25) is 0 Å². The predicted octanol–water partition coefficient (Wildman–Crippen LogP) is 3.64. The van der Waals surface area contributed by atoms with Gasteiger partial charge in [0.15, 0.2) is 5.65 Å². The molecule has 1 aliphatic carbocycles. The Hall–Kier alpha value is -3.43. The molecule has 34 heavy (non-hydrogen) atoms. The van der Waals surface area contributed by atoms with E-state index in [9.17, 15) is 18.0 Å². The molecule has 1 aliphatic heterocycles. The molecule has 0 radical (unpaired) electrons. The number of alkyl halides is 3. The molecule has 2 atom stereocenters. The first-order chi connectivity index (χ1) is 16.1. The maximum Gasteiger partial charge on any atom is 0.420 e. The van der Waals surface area contributed by atoms with Gasteiger partial charge in [0, 0.05) is 49.5 Å². The highest BCUT2D eigenvalue weighted by Crippen LogP contribution is 2.41. The number of nitrogens with zero attached hydrogens (tertiary/aromatic N) is 6. The third kappa shape index (κ3) is 4.01. The number of rotatable bonds is 3. The molecular formula is C23H21F3N6O2. The number of aryl methyl sites for hydroxylation is 3. The van der Waals surface area contributed by atoms with Crippen LogP contribution in [0, 0.1) is 13.8 Å². The van der Waals surface area contributed by atoms with Crippen molar-refractivity contribution in [2.24, 2.45) is 7.05 Å². The SMILES string of the molecule is Cc1nc2nc([C@H]3CCO[C@@H](c4cnc(=O)n(C)c4)C3)nc(C3=C=C(C(F)(F)F)C3)c2nc1C. The maximum atomic E-state index is 13.0. The number of aromatic nitrogens is 6.